The molecule has 0 aliphatic carbocycles. The SMILES string of the molecule is CCC1CN(C(=O)C2Cc3nc[nH]c3CN2)CCN1C. The van der Waals surface area contributed by atoms with Crippen molar-refractivity contribution in [3.8, 4) is 0 Å². The number of aromatic amines is 1. The Bertz CT molecular complexity index is 486. The number of carbonyl (C=O) groups excluding carboxylic acids is 1. The Morgan fingerprint density at radius 2 is 2.35 bits per heavy atom. The number of nitrogens with one attached hydrogen (secondary N) is 2. The summed E-state index contributed by atoms with van der Waals surface area (Å²) in [4.78, 5) is 24.4. The molecule has 0 bridgehead atoms. The van der Waals surface area contributed by atoms with Gasteiger partial charge in [-0.2, -0.15) is 0 Å². The van der Waals surface area contributed by atoms with Gasteiger partial charge in [0.15, 0.2) is 0 Å². The van der Waals surface area contributed by atoms with E-state index in [1.807, 2.05) is 4.90 Å². The third-order valence-corrected chi connectivity index (χ3v) is 4.59. The molecule has 1 saturated heterocycles. The first-order valence-corrected chi connectivity index (χ1v) is 7.42. The van der Waals surface area contributed by atoms with E-state index in [4.69, 9.17) is 0 Å². The van der Waals surface area contributed by atoms with E-state index in [9.17, 15) is 4.79 Å². The van der Waals surface area contributed by atoms with Crippen molar-refractivity contribution in [2.24, 2.45) is 0 Å². The van der Waals surface area contributed by atoms with Crippen molar-refractivity contribution in [1.82, 2.24) is 25.1 Å². The molecule has 6 heteroatoms. The largest absolute Gasteiger partial charge is 0.347 e. The molecule has 20 heavy (non-hydrogen) atoms. The third-order valence-electron chi connectivity index (χ3n) is 4.59. The summed E-state index contributed by atoms with van der Waals surface area (Å²) in [7, 11) is 2.14. The lowest BCUT2D eigenvalue weighted by Gasteiger charge is -2.40. The fourth-order valence-corrected chi connectivity index (χ4v) is 3.15. The molecule has 1 aromatic heterocycles. The number of carbonyl (C=O) groups is 1. The van der Waals surface area contributed by atoms with E-state index >= 15 is 0 Å². The van der Waals surface area contributed by atoms with E-state index in [1.165, 1.54) is 0 Å². The molecule has 110 valence electrons. The maximum atomic E-state index is 12.7. The lowest BCUT2D eigenvalue weighted by Crippen LogP contribution is -2.58. The van der Waals surface area contributed by atoms with Gasteiger partial charge in [0.05, 0.1) is 23.8 Å². The zero-order valence-corrected chi connectivity index (χ0v) is 12.2. The van der Waals surface area contributed by atoms with Crippen molar-refractivity contribution in [2.75, 3.05) is 26.7 Å². The van der Waals surface area contributed by atoms with Crippen LogP contribution in [0.3, 0.4) is 0 Å². The van der Waals surface area contributed by atoms with Gasteiger partial charge >= 0.3 is 0 Å². The van der Waals surface area contributed by atoms with Crippen LogP contribution >= 0.6 is 0 Å². The quantitative estimate of drug-likeness (QED) is 0.797. The molecule has 2 aliphatic heterocycles. The second-order valence-corrected chi connectivity index (χ2v) is 5.79. The van der Waals surface area contributed by atoms with Gasteiger partial charge in [0.25, 0.3) is 0 Å². The van der Waals surface area contributed by atoms with Gasteiger partial charge in [-0.15, -0.1) is 0 Å². The number of imidazole rings is 1. The van der Waals surface area contributed by atoms with Crippen molar-refractivity contribution < 1.29 is 4.79 Å². The van der Waals surface area contributed by atoms with Gasteiger partial charge in [0.1, 0.15) is 0 Å². The number of aromatic nitrogens is 2. The van der Waals surface area contributed by atoms with Crippen molar-refractivity contribution in [3.63, 3.8) is 0 Å². The third kappa shape index (κ3) is 2.45. The highest BCUT2D eigenvalue weighted by Gasteiger charge is 2.32. The van der Waals surface area contributed by atoms with Crippen LogP contribution in [0.15, 0.2) is 6.33 Å². The lowest BCUT2D eigenvalue weighted by molar-refractivity contribution is -0.136. The minimum atomic E-state index is -0.119. The predicted octanol–water partition coefficient (Wildman–Crippen LogP) is -0.0234. The highest BCUT2D eigenvalue weighted by atomic mass is 16.2. The predicted molar refractivity (Wildman–Crippen MR) is 76.2 cm³/mol. The van der Waals surface area contributed by atoms with E-state index in [1.54, 1.807) is 6.33 Å². The fraction of sp³-hybridized carbons (Fsp3) is 0.714. The summed E-state index contributed by atoms with van der Waals surface area (Å²) >= 11 is 0. The summed E-state index contributed by atoms with van der Waals surface area (Å²) in [5.41, 5.74) is 2.14. The Balaban J connectivity index is 1.65. The van der Waals surface area contributed by atoms with E-state index in [0.717, 1.165) is 37.4 Å². The molecule has 0 radical (unpaired) electrons. The average molecular weight is 277 g/mol. The van der Waals surface area contributed by atoms with Crippen LogP contribution in [0.5, 0.6) is 0 Å². The van der Waals surface area contributed by atoms with Gasteiger partial charge in [-0.1, -0.05) is 6.92 Å². The molecule has 1 fully saturated rings. The Hall–Kier alpha value is -1.40. The lowest BCUT2D eigenvalue weighted by atomic mass is 10.0. The number of amides is 1. The number of likely N-dealkylation sites (N-methyl/N-ethyl adjacent to an activating group) is 1. The number of H-pyrrole nitrogens is 1. The maximum Gasteiger partial charge on any atom is 0.240 e. The monoisotopic (exact) mass is 277 g/mol. The topological polar surface area (TPSA) is 64.3 Å². The Kier molecular flexibility index (Phi) is 3.76. The minimum Gasteiger partial charge on any atom is -0.347 e. The first-order chi connectivity index (χ1) is 9.69. The number of nitrogens with zero attached hydrogens (tertiary/aromatic N) is 3. The van der Waals surface area contributed by atoms with Crippen LogP contribution in [0.2, 0.25) is 0 Å². The molecule has 1 aromatic rings. The van der Waals surface area contributed by atoms with Gasteiger partial charge in [-0.25, -0.2) is 4.98 Å². The molecule has 6 nitrogen and oxygen atoms in total. The number of hydrogen-bond acceptors (Lipinski definition) is 4. The van der Waals surface area contributed by atoms with Crippen LogP contribution in [0.25, 0.3) is 0 Å². The summed E-state index contributed by atoms with van der Waals surface area (Å²) in [6, 6.07) is 0.365. The first kappa shape index (κ1) is 13.6. The molecular formula is C14H23N5O. The van der Waals surface area contributed by atoms with Gasteiger partial charge in [0.2, 0.25) is 5.91 Å². The summed E-state index contributed by atoms with van der Waals surface area (Å²) in [6.07, 6.45) is 3.49. The van der Waals surface area contributed by atoms with Crippen molar-refractivity contribution in [1.29, 1.82) is 0 Å². The second-order valence-electron chi connectivity index (χ2n) is 5.79. The Labute approximate surface area is 119 Å². The smallest absolute Gasteiger partial charge is 0.240 e. The number of piperazine rings is 1. The minimum absolute atomic E-state index is 0.119. The Morgan fingerprint density at radius 1 is 1.50 bits per heavy atom. The summed E-state index contributed by atoms with van der Waals surface area (Å²) in [6.45, 7) is 5.53. The number of fused-ring (bicyclic) bond motifs is 1. The van der Waals surface area contributed by atoms with Gasteiger partial charge in [-0.3, -0.25) is 15.0 Å². The van der Waals surface area contributed by atoms with Crippen LogP contribution in [-0.4, -0.2) is 64.4 Å². The van der Waals surface area contributed by atoms with Crippen molar-refractivity contribution in [3.05, 3.63) is 17.7 Å². The average Bonchev–Trinajstić information content (AvgIpc) is 2.94. The van der Waals surface area contributed by atoms with Gasteiger partial charge in [0, 0.05) is 38.6 Å². The molecule has 0 saturated carbocycles. The second kappa shape index (κ2) is 5.54. The Morgan fingerprint density at radius 3 is 3.15 bits per heavy atom. The van der Waals surface area contributed by atoms with Crippen molar-refractivity contribution >= 4 is 5.91 Å². The number of rotatable bonds is 2. The molecular weight excluding hydrogens is 254 g/mol. The molecule has 0 aromatic carbocycles. The molecule has 3 rings (SSSR count). The van der Waals surface area contributed by atoms with Gasteiger partial charge in [-0.05, 0) is 13.5 Å². The van der Waals surface area contributed by atoms with E-state index in [0.29, 0.717) is 19.0 Å². The van der Waals surface area contributed by atoms with E-state index < -0.39 is 0 Å². The van der Waals surface area contributed by atoms with Crippen LogP contribution < -0.4 is 5.32 Å². The highest BCUT2D eigenvalue weighted by molar-refractivity contribution is 5.82. The molecule has 2 N–H and O–H groups in total. The zero-order chi connectivity index (χ0) is 14.1. The van der Waals surface area contributed by atoms with Crippen LogP contribution in [-0.2, 0) is 17.8 Å². The normalized spacial score (nSPS) is 27.4. The summed E-state index contributed by atoms with van der Waals surface area (Å²) in [5, 5.41) is 3.33. The fourth-order valence-electron chi connectivity index (χ4n) is 3.15. The molecule has 3 heterocycles. The standard InChI is InChI=1S/C14H23N5O/c1-3-10-8-19(5-4-18(10)2)14(20)12-6-11-13(7-15-12)17-9-16-11/h9-10,12,15H,3-8H2,1-2H3,(H,16,17). The molecule has 0 spiro atoms. The number of hydrogen-bond donors (Lipinski definition) is 2. The molecule has 1 amide bonds. The zero-order valence-electron chi connectivity index (χ0n) is 12.2. The molecule has 2 atom stereocenters. The van der Waals surface area contributed by atoms with E-state index in [-0.39, 0.29) is 11.9 Å². The van der Waals surface area contributed by atoms with Crippen LogP contribution in [0, 0.1) is 0 Å². The van der Waals surface area contributed by atoms with Crippen molar-refractivity contribution in [2.45, 2.75) is 38.4 Å². The first-order valence-electron chi connectivity index (χ1n) is 7.42. The molecule has 2 unspecified atom stereocenters. The van der Waals surface area contributed by atoms with Crippen LogP contribution in [0.4, 0.5) is 0 Å². The maximum absolute atomic E-state index is 12.7. The van der Waals surface area contributed by atoms with Gasteiger partial charge < -0.3 is 9.88 Å². The molecule has 2 aliphatic rings. The highest BCUT2D eigenvalue weighted by Crippen LogP contribution is 2.16. The summed E-state index contributed by atoms with van der Waals surface area (Å²) < 4.78 is 0. The van der Waals surface area contributed by atoms with Crippen LogP contribution in [0.1, 0.15) is 24.7 Å². The van der Waals surface area contributed by atoms with E-state index in [2.05, 4.69) is 34.2 Å². The summed E-state index contributed by atoms with van der Waals surface area (Å²) in [5.74, 6) is 0.227.